The van der Waals surface area contributed by atoms with E-state index in [1.807, 2.05) is 19.9 Å². The van der Waals surface area contributed by atoms with Crippen LogP contribution in [0.1, 0.15) is 28.5 Å². The Labute approximate surface area is 93.9 Å². The number of aromatic nitrogens is 3. The predicted molar refractivity (Wildman–Crippen MR) is 60.3 cm³/mol. The molecule has 0 saturated carbocycles. The summed E-state index contributed by atoms with van der Waals surface area (Å²) < 4.78 is 1.73. The standard InChI is InChI=1S/C12H13N3O/c1-3-15-8-11(7-14-15)12(16)10-5-4-9(2)13-6-10/h4-8H,3H2,1-2H3. The smallest absolute Gasteiger partial charge is 0.197 e. The summed E-state index contributed by atoms with van der Waals surface area (Å²) in [6, 6.07) is 3.62. The molecule has 2 aromatic heterocycles. The van der Waals surface area contributed by atoms with Gasteiger partial charge in [-0.2, -0.15) is 5.10 Å². The minimum atomic E-state index is -0.0350. The monoisotopic (exact) mass is 215 g/mol. The third-order valence-electron chi connectivity index (χ3n) is 2.39. The minimum absolute atomic E-state index is 0.0350. The van der Waals surface area contributed by atoms with Crippen LogP contribution in [0.3, 0.4) is 0 Å². The lowest BCUT2D eigenvalue weighted by atomic mass is 10.1. The molecule has 0 radical (unpaired) electrons. The van der Waals surface area contributed by atoms with Gasteiger partial charge < -0.3 is 0 Å². The van der Waals surface area contributed by atoms with Gasteiger partial charge in [0.15, 0.2) is 5.78 Å². The first kappa shape index (κ1) is 10.5. The van der Waals surface area contributed by atoms with Crippen molar-refractivity contribution < 1.29 is 4.79 Å². The Kier molecular flexibility index (Phi) is 2.81. The van der Waals surface area contributed by atoms with Crippen LogP contribution in [0.25, 0.3) is 0 Å². The molecule has 0 aliphatic rings. The van der Waals surface area contributed by atoms with Crippen molar-refractivity contribution in [3.8, 4) is 0 Å². The van der Waals surface area contributed by atoms with Crippen LogP contribution in [0, 0.1) is 6.92 Å². The lowest BCUT2D eigenvalue weighted by molar-refractivity contribution is 0.103. The highest BCUT2D eigenvalue weighted by Crippen LogP contribution is 2.08. The van der Waals surface area contributed by atoms with Crippen LogP contribution >= 0.6 is 0 Å². The van der Waals surface area contributed by atoms with Crippen molar-refractivity contribution in [2.75, 3.05) is 0 Å². The average Bonchev–Trinajstić information content (AvgIpc) is 2.77. The number of pyridine rings is 1. The quantitative estimate of drug-likeness (QED) is 0.734. The molecule has 0 saturated heterocycles. The lowest BCUT2D eigenvalue weighted by Crippen LogP contribution is -2.01. The number of ketones is 1. The zero-order valence-corrected chi connectivity index (χ0v) is 9.34. The normalized spacial score (nSPS) is 10.4. The Bertz CT molecular complexity index is 499. The first-order valence-electron chi connectivity index (χ1n) is 5.20. The van der Waals surface area contributed by atoms with Gasteiger partial charge in [0.1, 0.15) is 0 Å². The van der Waals surface area contributed by atoms with E-state index in [2.05, 4.69) is 10.1 Å². The number of hydrogen-bond acceptors (Lipinski definition) is 3. The van der Waals surface area contributed by atoms with Gasteiger partial charge >= 0.3 is 0 Å². The maximum atomic E-state index is 12.0. The van der Waals surface area contributed by atoms with Gasteiger partial charge in [0.05, 0.1) is 11.8 Å². The zero-order chi connectivity index (χ0) is 11.5. The molecule has 4 nitrogen and oxygen atoms in total. The fraction of sp³-hybridized carbons (Fsp3) is 0.250. The third kappa shape index (κ3) is 2.00. The summed E-state index contributed by atoms with van der Waals surface area (Å²) in [6.07, 6.45) is 4.94. The van der Waals surface area contributed by atoms with Crippen LogP contribution in [0.4, 0.5) is 0 Å². The molecule has 4 heteroatoms. The van der Waals surface area contributed by atoms with E-state index in [0.717, 1.165) is 12.2 Å². The minimum Gasteiger partial charge on any atom is -0.288 e. The van der Waals surface area contributed by atoms with E-state index in [4.69, 9.17) is 0 Å². The van der Waals surface area contributed by atoms with Crippen molar-refractivity contribution in [1.82, 2.24) is 14.8 Å². The highest BCUT2D eigenvalue weighted by atomic mass is 16.1. The number of aryl methyl sites for hydroxylation is 2. The van der Waals surface area contributed by atoms with Gasteiger partial charge in [-0.15, -0.1) is 0 Å². The van der Waals surface area contributed by atoms with Crippen molar-refractivity contribution in [2.24, 2.45) is 0 Å². The summed E-state index contributed by atoms with van der Waals surface area (Å²) in [4.78, 5) is 16.1. The highest BCUT2D eigenvalue weighted by molar-refractivity contribution is 6.08. The van der Waals surface area contributed by atoms with Crippen LogP contribution in [0.5, 0.6) is 0 Å². The molecule has 0 aliphatic carbocycles. The fourth-order valence-electron chi connectivity index (χ4n) is 1.42. The molecule has 0 spiro atoms. The molecule has 0 bridgehead atoms. The molecule has 0 amide bonds. The summed E-state index contributed by atoms with van der Waals surface area (Å²) in [5, 5.41) is 4.07. The van der Waals surface area contributed by atoms with Gasteiger partial charge in [0, 0.05) is 30.2 Å². The Morgan fingerprint density at radius 3 is 2.69 bits per heavy atom. The Balaban J connectivity index is 2.28. The van der Waals surface area contributed by atoms with E-state index in [9.17, 15) is 4.79 Å². The SMILES string of the molecule is CCn1cc(C(=O)c2ccc(C)nc2)cn1. The maximum Gasteiger partial charge on any atom is 0.197 e. The molecule has 16 heavy (non-hydrogen) atoms. The molecule has 0 aromatic carbocycles. The molecule has 82 valence electrons. The number of carbonyl (C=O) groups excluding carboxylic acids is 1. The molecule has 0 unspecified atom stereocenters. The summed E-state index contributed by atoms with van der Waals surface area (Å²) >= 11 is 0. The molecule has 2 rings (SSSR count). The van der Waals surface area contributed by atoms with Gasteiger partial charge in [0.25, 0.3) is 0 Å². The van der Waals surface area contributed by atoms with Crippen LogP contribution in [0.2, 0.25) is 0 Å². The van der Waals surface area contributed by atoms with Gasteiger partial charge in [0.2, 0.25) is 0 Å². The van der Waals surface area contributed by atoms with E-state index in [1.165, 1.54) is 0 Å². The molecule has 0 N–H and O–H groups in total. The zero-order valence-electron chi connectivity index (χ0n) is 9.34. The van der Waals surface area contributed by atoms with E-state index >= 15 is 0 Å². The van der Waals surface area contributed by atoms with Gasteiger partial charge in [-0.1, -0.05) is 0 Å². The summed E-state index contributed by atoms with van der Waals surface area (Å²) in [5.74, 6) is -0.0350. The van der Waals surface area contributed by atoms with E-state index in [0.29, 0.717) is 11.1 Å². The van der Waals surface area contributed by atoms with Crippen molar-refractivity contribution >= 4 is 5.78 Å². The van der Waals surface area contributed by atoms with Crippen LogP contribution in [0.15, 0.2) is 30.7 Å². The van der Waals surface area contributed by atoms with Crippen molar-refractivity contribution in [2.45, 2.75) is 20.4 Å². The lowest BCUT2D eigenvalue weighted by Gasteiger charge is -1.97. The fourth-order valence-corrected chi connectivity index (χ4v) is 1.42. The summed E-state index contributed by atoms with van der Waals surface area (Å²) in [5.41, 5.74) is 2.11. The van der Waals surface area contributed by atoms with Crippen LogP contribution in [-0.4, -0.2) is 20.5 Å². The second-order valence-corrected chi connectivity index (χ2v) is 3.60. The molecule has 2 heterocycles. The molecule has 2 aromatic rings. The Morgan fingerprint density at radius 2 is 2.12 bits per heavy atom. The second-order valence-electron chi connectivity index (χ2n) is 3.60. The van der Waals surface area contributed by atoms with Crippen molar-refractivity contribution in [1.29, 1.82) is 0 Å². The van der Waals surface area contributed by atoms with Crippen LogP contribution < -0.4 is 0 Å². The first-order valence-corrected chi connectivity index (χ1v) is 5.20. The van der Waals surface area contributed by atoms with E-state index in [-0.39, 0.29) is 5.78 Å². The Hall–Kier alpha value is -1.97. The number of nitrogens with zero attached hydrogens (tertiary/aromatic N) is 3. The van der Waals surface area contributed by atoms with Crippen LogP contribution in [-0.2, 0) is 6.54 Å². The molecular formula is C12H13N3O. The number of hydrogen-bond donors (Lipinski definition) is 0. The van der Waals surface area contributed by atoms with Crippen molar-refractivity contribution in [3.05, 3.63) is 47.5 Å². The third-order valence-corrected chi connectivity index (χ3v) is 2.39. The number of rotatable bonds is 3. The average molecular weight is 215 g/mol. The summed E-state index contributed by atoms with van der Waals surface area (Å²) in [7, 11) is 0. The van der Waals surface area contributed by atoms with E-state index < -0.39 is 0 Å². The van der Waals surface area contributed by atoms with Gasteiger partial charge in [-0.25, -0.2) is 0 Å². The van der Waals surface area contributed by atoms with Gasteiger partial charge in [-0.05, 0) is 26.0 Å². The van der Waals surface area contributed by atoms with E-state index in [1.54, 1.807) is 29.3 Å². The summed E-state index contributed by atoms with van der Waals surface area (Å²) in [6.45, 7) is 4.64. The molecule has 0 aliphatic heterocycles. The molecular weight excluding hydrogens is 202 g/mol. The first-order chi connectivity index (χ1) is 7.70. The largest absolute Gasteiger partial charge is 0.288 e. The maximum absolute atomic E-state index is 12.0. The number of carbonyl (C=O) groups is 1. The predicted octanol–water partition coefficient (Wildman–Crippen LogP) is 1.84. The van der Waals surface area contributed by atoms with Gasteiger partial charge in [-0.3, -0.25) is 14.5 Å². The Morgan fingerprint density at radius 1 is 1.31 bits per heavy atom. The topological polar surface area (TPSA) is 47.8 Å². The molecule has 0 atom stereocenters. The molecule has 0 fully saturated rings. The van der Waals surface area contributed by atoms with Crippen molar-refractivity contribution in [3.63, 3.8) is 0 Å². The highest BCUT2D eigenvalue weighted by Gasteiger charge is 2.11. The second kappa shape index (κ2) is 4.26.